The fourth-order valence-electron chi connectivity index (χ4n) is 5.09. The number of alkyl halides is 5. The number of carbonyl (C=O) groups is 4. The van der Waals surface area contributed by atoms with Crippen LogP contribution in [0.15, 0.2) is 0 Å². The summed E-state index contributed by atoms with van der Waals surface area (Å²) < 4.78 is 122. The summed E-state index contributed by atoms with van der Waals surface area (Å²) >= 11 is 12.7. The number of ether oxygens (including phenoxy) is 3. The third kappa shape index (κ3) is 69.3. The van der Waals surface area contributed by atoms with Crippen LogP contribution in [-0.2, 0) is 53.6 Å². The maximum absolute atomic E-state index is 12.8. The molecule has 0 radical (unpaired) electrons. The average Bonchev–Trinajstić information content (AvgIpc) is 3.33. The Morgan fingerprint density at radius 2 is 0.892 bits per heavy atom. The van der Waals surface area contributed by atoms with Crippen molar-refractivity contribution in [3.63, 3.8) is 0 Å². The van der Waals surface area contributed by atoms with E-state index in [9.17, 15) is 62.7 Å². The Morgan fingerprint density at radius 3 is 1.12 bits per heavy atom. The van der Waals surface area contributed by atoms with E-state index >= 15 is 0 Å². The van der Waals surface area contributed by atoms with E-state index in [1.807, 2.05) is 4.93 Å². The van der Waals surface area contributed by atoms with Gasteiger partial charge in [-0.25, -0.2) is 26.4 Å². The quantitative estimate of drug-likeness (QED) is 0.0107. The van der Waals surface area contributed by atoms with Crippen LogP contribution in [-0.4, -0.2) is 140 Å². The van der Waals surface area contributed by atoms with Crippen molar-refractivity contribution in [3.05, 3.63) is 0 Å². The molecule has 0 aromatic heterocycles. The molecule has 29 heteroatoms. The molecule has 17 nitrogen and oxygen atoms in total. The normalized spacial score (nSPS) is 10.5. The van der Waals surface area contributed by atoms with Crippen molar-refractivity contribution in [1.29, 1.82) is 5.26 Å². The van der Waals surface area contributed by atoms with E-state index < -0.39 is 75.1 Å². The molecule has 74 heavy (non-hydrogen) atoms. The second-order valence-electron chi connectivity index (χ2n) is 14.7. The number of nitriles is 1. The molecule has 0 heterocycles. The van der Waals surface area contributed by atoms with E-state index in [4.69, 9.17) is 22.0 Å². The van der Waals surface area contributed by atoms with Gasteiger partial charge in [0.1, 0.15) is 19.8 Å². The van der Waals surface area contributed by atoms with Gasteiger partial charge in [0, 0.05) is 19.8 Å². The molecule has 0 aliphatic carbocycles. The van der Waals surface area contributed by atoms with Gasteiger partial charge in [-0.1, -0.05) is 147 Å². The molecular weight excluding hydrogens is 1510 g/mol. The van der Waals surface area contributed by atoms with Crippen LogP contribution in [0.4, 0.5) is 17.6 Å². The van der Waals surface area contributed by atoms with Crippen molar-refractivity contribution < 1.29 is 130 Å². The molecule has 0 rings (SSSR count). The molecule has 0 spiro atoms. The minimum absolute atomic E-state index is 0. The Morgan fingerprint density at radius 1 is 0.622 bits per heavy atom. The third-order valence-electron chi connectivity index (χ3n) is 9.31. The summed E-state index contributed by atoms with van der Waals surface area (Å²) in [6.45, 7) is 23.6. The average molecular weight is 1600 g/mol. The number of carbonyl (C=O) groups excluding carboxylic acids is 4. The molecule has 0 aliphatic heterocycles. The SMILES string of the molecule is CC#N.CCCCCCCCCCC(=O)Cl.CCCCCCCCCCC(=O)OCCOC(=O)C(F)(F)S(=O)(=O)[O-].CCN(CC)CC.CC[NH+](CC)CC.CI.I[I-]I.O=C(OCCO)C(F)(F)S(=O)(=O)[O-].[Na+]. The standard InChI is InChI=1S/C15H26F2O7S.C11H21ClO.2C6H15N.C4H6F2O6S.C2H3N.CH3I.I3.Na/c1-2-3-4-5-6-7-8-9-10-13(18)23-11-12-24-14(19)15(16,17)25(20,21)22;1-2-3-4-5-6-7-8-9-10-11(12)13;2*1-4-7(5-2)6-3;5-4(6,13(9,10)11)3(8)12-2-1-7;1-2-3;1-2;1-3-2;/h2-12H2,1H3,(H,20,21,22);2-10H2,1H3;2*4-6H2,1-3H3;7H,1-2H2,(H,9,10,11);1H3;1H3;;/q;;;;;;;-1;+1/p-1. The third-order valence-corrected chi connectivity index (χ3v) is 11.1. The number of hydrogen-bond donors (Lipinski definition) is 2. The number of halogens is 9. The Labute approximate surface area is 513 Å². The zero-order valence-corrected chi connectivity index (χ0v) is 58.7. The topological polar surface area (TPSA) is 262 Å². The van der Waals surface area contributed by atoms with E-state index in [1.165, 1.54) is 110 Å². The summed E-state index contributed by atoms with van der Waals surface area (Å²) in [4.78, 5) is 48.8. The van der Waals surface area contributed by atoms with Crippen LogP contribution in [0.5, 0.6) is 0 Å². The van der Waals surface area contributed by atoms with E-state index in [0.717, 1.165) is 32.1 Å². The number of rotatable bonds is 33. The first-order valence-electron chi connectivity index (χ1n) is 24.2. The van der Waals surface area contributed by atoms with Crippen LogP contribution in [0.2, 0.25) is 0 Å². The molecule has 0 atom stereocenters. The largest absolute Gasteiger partial charge is 1.00 e. The van der Waals surface area contributed by atoms with Crippen LogP contribution < -0.4 is 47.7 Å². The summed E-state index contributed by atoms with van der Waals surface area (Å²) in [6, 6.07) is 1.75. The fourth-order valence-corrected chi connectivity index (χ4v) is 5.75. The Balaban J connectivity index is -0.000000105. The summed E-state index contributed by atoms with van der Waals surface area (Å²) in [5.41, 5.74) is 0. The zero-order chi connectivity index (χ0) is 58.8. The van der Waals surface area contributed by atoms with Crippen molar-refractivity contribution in [2.45, 2.75) is 188 Å². The van der Waals surface area contributed by atoms with Crippen molar-refractivity contribution >= 4 is 115 Å². The first kappa shape index (κ1) is 94.5. The summed E-state index contributed by atoms with van der Waals surface area (Å²) in [7, 11) is -12.2. The second-order valence-corrected chi connectivity index (χ2v) is 34.2. The number of unbranched alkanes of at least 4 members (excludes halogenated alkanes) is 14. The van der Waals surface area contributed by atoms with E-state index in [2.05, 4.69) is 134 Å². The molecule has 2 N–H and O–H groups in total. The molecule has 444 valence electrons. The number of hydrogen-bond acceptors (Lipinski definition) is 16. The molecule has 0 unspecified atom stereocenters. The van der Waals surface area contributed by atoms with Crippen LogP contribution in [0.25, 0.3) is 0 Å². The first-order chi connectivity index (χ1) is 34.1. The number of aliphatic hydroxyl groups excluding tert-OH is 1. The maximum Gasteiger partial charge on any atom is 1.00 e. The van der Waals surface area contributed by atoms with Gasteiger partial charge in [0.25, 0.3) is 0 Å². The van der Waals surface area contributed by atoms with E-state index in [1.54, 1.807) is 11.0 Å². The zero-order valence-electron chi connectivity index (χ0n) is 45.7. The van der Waals surface area contributed by atoms with Crippen LogP contribution >= 0.6 is 71.4 Å². The van der Waals surface area contributed by atoms with Crippen molar-refractivity contribution in [1.82, 2.24) is 4.90 Å². The predicted molar refractivity (Wildman–Crippen MR) is 300 cm³/mol. The van der Waals surface area contributed by atoms with Crippen molar-refractivity contribution in [2.75, 3.05) is 70.6 Å². The monoisotopic (exact) mass is 1600 g/mol. The van der Waals surface area contributed by atoms with Crippen molar-refractivity contribution in [2.24, 2.45) is 0 Å². The number of nitrogens with one attached hydrogen (secondary N) is 1. The van der Waals surface area contributed by atoms with Gasteiger partial charge in [-0.15, -0.1) is 0 Å². The molecular formula is C45H88ClF4I4N3NaO14S2-. The van der Waals surface area contributed by atoms with Gasteiger partial charge in [0.2, 0.25) is 5.24 Å². The van der Waals surface area contributed by atoms with Crippen LogP contribution in [0.1, 0.15) is 178 Å². The maximum atomic E-state index is 12.8. The minimum atomic E-state index is -6.15. The van der Waals surface area contributed by atoms with Gasteiger partial charge in [-0.2, -0.15) is 22.8 Å². The summed E-state index contributed by atoms with van der Waals surface area (Å²) in [6.07, 6.45) is 19.2. The number of nitrogens with zero attached hydrogens (tertiary/aromatic N) is 2. The van der Waals surface area contributed by atoms with E-state index in [0.29, 0.717) is 26.1 Å². The Bertz CT molecular complexity index is 1510. The van der Waals surface area contributed by atoms with Gasteiger partial charge in [0.15, 0.2) is 20.2 Å². The second kappa shape index (κ2) is 68.5. The summed E-state index contributed by atoms with van der Waals surface area (Å²) in [5, 5.41) is 4.90. The molecule has 0 aliphatic rings. The van der Waals surface area contributed by atoms with E-state index in [-0.39, 0.29) is 41.2 Å². The van der Waals surface area contributed by atoms with Crippen molar-refractivity contribution in [3.8, 4) is 6.07 Å². The Hall–Kier alpha value is 1.20. The van der Waals surface area contributed by atoms with Gasteiger partial charge in [0.05, 0.1) is 32.3 Å². The number of quaternary nitrogens is 1. The van der Waals surface area contributed by atoms with Gasteiger partial charge in [-0.3, -0.25) is 9.59 Å². The molecule has 0 bridgehead atoms. The van der Waals surface area contributed by atoms with Crippen LogP contribution in [0.3, 0.4) is 0 Å². The predicted octanol–water partition coefficient (Wildman–Crippen LogP) is 4.32. The fraction of sp³-hybridized carbons (Fsp3) is 0.889. The first-order valence-corrected chi connectivity index (χ1v) is 42.1. The molecule has 0 fully saturated rings. The van der Waals surface area contributed by atoms with Gasteiger partial charge < -0.3 is 38.2 Å². The van der Waals surface area contributed by atoms with Gasteiger partial charge >= 0.3 is 108 Å². The molecule has 0 saturated carbocycles. The molecule has 0 saturated heterocycles. The molecule has 0 amide bonds. The Kier molecular flexibility index (Phi) is 87.4. The minimum Gasteiger partial charge on any atom is -0.743 e. The smallest absolute Gasteiger partial charge is 0.743 e. The number of aliphatic hydroxyl groups is 1. The van der Waals surface area contributed by atoms with Gasteiger partial charge in [-0.05, 0) is 69.8 Å². The summed E-state index contributed by atoms with van der Waals surface area (Å²) in [5.74, 6) is -5.54. The van der Waals surface area contributed by atoms with Crippen LogP contribution in [0, 0.1) is 11.3 Å². The number of esters is 3. The molecule has 0 aromatic rings. The molecule has 0 aromatic carbocycles.